The standard InChI is InChI=1S/C16H16F2O10S4/c17-13-3-7-15(8-4-13)31(23,24)27-29(19,20)11-1-2-12-30(21,22)28-32(25,26)16-9-5-14(18)6-10-16/h3-10H,1-2,11-12H2. The Morgan fingerprint density at radius 3 is 1.09 bits per heavy atom. The van der Waals surface area contributed by atoms with Crippen LogP contribution in [-0.2, 0) is 47.7 Å². The van der Waals surface area contributed by atoms with Crippen LogP contribution in [0.4, 0.5) is 8.78 Å². The summed E-state index contributed by atoms with van der Waals surface area (Å²) in [6.45, 7) is 0. The van der Waals surface area contributed by atoms with E-state index in [0.29, 0.717) is 0 Å². The summed E-state index contributed by atoms with van der Waals surface area (Å²) < 4.78 is 129. The summed E-state index contributed by atoms with van der Waals surface area (Å²) in [5, 5.41) is 0. The molecule has 0 unspecified atom stereocenters. The monoisotopic (exact) mass is 534 g/mol. The summed E-state index contributed by atoms with van der Waals surface area (Å²) in [4.78, 5) is -1.21. The Bertz CT molecular complexity index is 1260. The van der Waals surface area contributed by atoms with Crippen LogP contribution < -0.4 is 0 Å². The van der Waals surface area contributed by atoms with E-state index in [2.05, 4.69) is 7.26 Å². The zero-order chi connectivity index (χ0) is 24.2. The fourth-order valence-electron chi connectivity index (χ4n) is 2.18. The molecule has 10 nitrogen and oxygen atoms in total. The van der Waals surface area contributed by atoms with Gasteiger partial charge in [0, 0.05) is 0 Å². The van der Waals surface area contributed by atoms with Crippen LogP contribution in [0.2, 0.25) is 0 Å². The van der Waals surface area contributed by atoms with Crippen LogP contribution in [0.5, 0.6) is 0 Å². The molecule has 0 saturated carbocycles. The fraction of sp³-hybridized carbons (Fsp3) is 0.250. The van der Waals surface area contributed by atoms with Crippen molar-refractivity contribution in [3.05, 3.63) is 60.2 Å². The van der Waals surface area contributed by atoms with Gasteiger partial charge in [-0.05, 0) is 61.4 Å². The maximum atomic E-state index is 12.9. The average Bonchev–Trinajstić information content (AvgIpc) is 2.64. The first-order chi connectivity index (χ1) is 14.6. The van der Waals surface area contributed by atoms with Crippen molar-refractivity contribution < 1.29 is 49.7 Å². The number of halogens is 2. The Morgan fingerprint density at radius 1 is 0.531 bits per heavy atom. The first kappa shape index (κ1) is 26.3. The highest BCUT2D eigenvalue weighted by Gasteiger charge is 2.27. The molecule has 32 heavy (non-hydrogen) atoms. The van der Waals surface area contributed by atoms with Crippen LogP contribution in [0.1, 0.15) is 12.8 Å². The average molecular weight is 535 g/mol. The molecule has 0 heterocycles. The SMILES string of the molecule is O=S(=O)(CCCCS(=O)(=O)OS(=O)(=O)c1ccc(F)cc1)OS(=O)(=O)c1ccc(F)cc1. The van der Waals surface area contributed by atoms with Crippen molar-refractivity contribution in [3.63, 3.8) is 0 Å². The molecule has 0 aliphatic rings. The Morgan fingerprint density at radius 2 is 0.812 bits per heavy atom. The summed E-state index contributed by atoms with van der Waals surface area (Å²) in [6.07, 6.45) is -0.832. The Labute approximate surface area is 184 Å². The quantitative estimate of drug-likeness (QED) is 0.387. The van der Waals surface area contributed by atoms with Crippen molar-refractivity contribution in [2.45, 2.75) is 22.6 Å². The van der Waals surface area contributed by atoms with Crippen LogP contribution in [0.15, 0.2) is 58.3 Å². The van der Waals surface area contributed by atoms with Gasteiger partial charge in [0.15, 0.2) is 0 Å². The van der Waals surface area contributed by atoms with Crippen molar-refractivity contribution in [1.29, 1.82) is 0 Å². The van der Waals surface area contributed by atoms with E-state index in [1.54, 1.807) is 0 Å². The molecule has 2 aromatic carbocycles. The van der Waals surface area contributed by atoms with Crippen LogP contribution in [0, 0.1) is 11.6 Å². The Kier molecular flexibility index (Phi) is 8.11. The van der Waals surface area contributed by atoms with Gasteiger partial charge in [-0.1, -0.05) is 0 Å². The second kappa shape index (κ2) is 9.88. The zero-order valence-electron chi connectivity index (χ0n) is 15.9. The van der Waals surface area contributed by atoms with Gasteiger partial charge in [-0.25, -0.2) is 8.78 Å². The molecule has 0 aromatic heterocycles. The molecule has 0 radical (unpaired) electrons. The molecule has 0 N–H and O–H groups in total. The molecule has 0 fully saturated rings. The highest BCUT2D eigenvalue weighted by atomic mass is 32.3. The lowest BCUT2D eigenvalue weighted by Gasteiger charge is -2.08. The largest absolute Gasteiger partial charge is 0.311 e. The number of rotatable bonds is 11. The molecule has 0 aliphatic heterocycles. The number of hydrogen-bond donors (Lipinski definition) is 0. The summed E-state index contributed by atoms with van der Waals surface area (Å²) in [6, 6.07) is 6.33. The minimum Gasteiger partial charge on any atom is -0.207 e. The van der Waals surface area contributed by atoms with Crippen molar-refractivity contribution in [2.75, 3.05) is 11.5 Å². The van der Waals surface area contributed by atoms with Gasteiger partial charge >= 0.3 is 20.2 Å². The van der Waals surface area contributed by atoms with Crippen molar-refractivity contribution in [2.24, 2.45) is 0 Å². The number of unbranched alkanes of at least 4 members (excludes halogenated alkanes) is 1. The maximum absolute atomic E-state index is 12.9. The third-order valence-electron chi connectivity index (χ3n) is 3.63. The fourth-order valence-corrected chi connectivity index (χ4v) is 7.59. The van der Waals surface area contributed by atoms with E-state index in [-0.39, 0.29) is 0 Å². The highest BCUT2D eigenvalue weighted by Crippen LogP contribution is 2.18. The summed E-state index contributed by atoms with van der Waals surface area (Å²) in [5.41, 5.74) is 0. The predicted molar refractivity (Wildman–Crippen MR) is 106 cm³/mol. The molecule has 2 aromatic rings. The molecule has 16 heteroatoms. The number of hydrogen-bond acceptors (Lipinski definition) is 10. The molecule has 2 rings (SSSR count). The third kappa shape index (κ3) is 7.86. The van der Waals surface area contributed by atoms with Gasteiger partial charge in [0.1, 0.15) is 11.6 Å². The Hall–Kier alpha value is -1.98. The van der Waals surface area contributed by atoms with E-state index < -0.39 is 86.2 Å². The lowest BCUT2D eigenvalue weighted by molar-refractivity contribution is 0.453. The third-order valence-corrected chi connectivity index (χ3v) is 10.00. The van der Waals surface area contributed by atoms with Crippen LogP contribution >= 0.6 is 0 Å². The molecule has 0 atom stereocenters. The molecule has 178 valence electrons. The van der Waals surface area contributed by atoms with Crippen molar-refractivity contribution in [1.82, 2.24) is 0 Å². The molecule has 0 saturated heterocycles. The Balaban J connectivity index is 1.92. The van der Waals surface area contributed by atoms with Gasteiger partial charge in [-0.3, -0.25) is 0 Å². The van der Waals surface area contributed by atoms with E-state index in [0.717, 1.165) is 48.5 Å². The van der Waals surface area contributed by atoms with E-state index in [1.165, 1.54) is 0 Å². The van der Waals surface area contributed by atoms with Gasteiger partial charge in [-0.2, -0.15) is 33.7 Å². The molecule has 0 amide bonds. The smallest absolute Gasteiger partial charge is 0.207 e. The molecular formula is C16H16F2O10S4. The number of benzene rings is 2. The minimum absolute atomic E-state index is 0.416. The summed E-state index contributed by atoms with van der Waals surface area (Å²) in [5.74, 6) is -3.32. The van der Waals surface area contributed by atoms with Gasteiger partial charge in [0.25, 0.3) is 20.2 Å². The predicted octanol–water partition coefficient (Wildman–Crippen LogP) is 1.52. The van der Waals surface area contributed by atoms with E-state index in [1.807, 2.05) is 0 Å². The lowest BCUT2D eigenvalue weighted by atomic mass is 10.4. The molecular weight excluding hydrogens is 518 g/mol. The van der Waals surface area contributed by atoms with Crippen LogP contribution in [0.25, 0.3) is 0 Å². The van der Waals surface area contributed by atoms with Crippen LogP contribution in [-0.4, -0.2) is 45.2 Å². The second-order valence-electron chi connectivity index (χ2n) is 6.18. The molecule has 0 aliphatic carbocycles. The first-order valence-electron chi connectivity index (χ1n) is 8.51. The zero-order valence-corrected chi connectivity index (χ0v) is 19.2. The van der Waals surface area contributed by atoms with Crippen molar-refractivity contribution >= 4 is 40.5 Å². The normalized spacial score (nSPS) is 13.2. The van der Waals surface area contributed by atoms with Crippen molar-refractivity contribution in [3.8, 4) is 0 Å². The van der Waals surface area contributed by atoms with Gasteiger partial charge in [0.2, 0.25) is 0 Å². The van der Waals surface area contributed by atoms with E-state index >= 15 is 0 Å². The lowest BCUT2D eigenvalue weighted by Crippen LogP contribution is -2.19. The van der Waals surface area contributed by atoms with E-state index in [9.17, 15) is 42.5 Å². The van der Waals surface area contributed by atoms with Gasteiger partial charge < -0.3 is 0 Å². The first-order valence-corrected chi connectivity index (χ1v) is 14.5. The summed E-state index contributed by atoms with van der Waals surface area (Å²) >= 11 is 0. The maximum Gasteiger partial charge on any atom is 0.311 e. The second-order valence-corrected chi connectivity index (χ2v) is 13.1. The molecule has 0 bridgehead atoms. The van der Waals surface area contributed by atoms with E-state index in [4.69, 9.17) is 0 Å². The van der Waals surface area contributed by atoms with Gasteiger partial charge in [0.05, 0.1) is 21.3 Å². The topological polar surface area (TPSA) is 155 Å². The minimum atomic E-state index is -4.76. The van der Waals surface area contributed by atoms with Crippen LogP contribution in [0.3, 0.4) is 0 Å². The molecule has 0 spiro atoms. The summed E-state index contributed by atoms with van der Waals surface area (Å²) in [7, 11) is -18.9. The highest BCUT2D eigenvalue weighted by molar-refractivity contribution is 8.00. The van der Waals surface area contributed by atoms with Gasteiger partial charge in [-0.15, -0.1) is 7.26 Å².